The molecular formula is C12H23ClO3S. The van der Waals surface area contributed by atoms with Gasteiger partial charge in [0.15, 0.2) is 0 Å². The van der Waals surface area contributed by atoms with E-state index in [4.69, 9.17) is 15.4 Å². The minimum atomic E-state index is -3.44. The van der Waals surface area contributed by atoms with Crippen LogP contribution in [0.5, 0.6) is 0 Å². The first-order valence-corrected chi connectivity index (χ1v) is 8.89. The molecule has 5 heteroatoms. The Morgan fingerprint density at radius 1 is 1.29 bits per heavy atom. The van der Waals surface area contributed by atoms with E-state index in [0.29, 0.717) is 6.61 Å². The Kier molecular flexibility index (Phi) is 5.74. The van der Waals surface area contributed by atoms with Gasteiger partial charge in [-0.2, -0.15) is 0 Å². The topological polar surface area (TPSA) is 43.4 Å². The molecule has 0 N–H and O–H groups in total. The van der Waals surface area contributed by atoms with Crippen LogP contribution in [0, 0.1) is 5.41 Å². The summed E-state index contributed by atoms with van der Waals surface area (Å²) in [5, 5.41) is 0. The molecule has 0 aromatic rings. The van der Waals surface area contributed by atoms with E-state index in [9.17, 15) is 8.42 Å². The lowest BCUT2D eigenvalue weighted by atomic mass is 9.76. The Morgan fingerprint density at radius 3 is 2.35 bits per heavy atom. The predicted octanol–water partition coefficient (Wildman–Crippen LogP) is 3.32. The standard InChI is InChI=1S/C12H23ClO3S/c1-3-11(2)16-9-12(10-17(13,14)15)7-5-4-6-8-12/h11H,3-10H2,1-2H3. The largest absolute Gasteiger partial charge is 0.378 e. The molecule has 1 fully saturated rings. The normalized spacial score (nSPS) is 22.3. The van der Waals surface area contributed by atoms with Crippen LogP contribution in [-0.4, -0.2) is 26.9 Å². The summed E-state index contributed by atoms with van der Waals surface area (Å²) in [6, 6.07) is 0. The van der Waals surface area contributed by atoms with Crippen molar-refractivity contribution in [2.24, 2.45) is 5.41 Å². The molecule has 1 aliphatic carbocycles. The number of ether oxygens (including phenoxy) is 1. The van der Waals surface area contributed by atoms with Crippen LogP contribution in [0.3, 0.4) is 0 Å². The lowest BCUT2D eigenvalue weighted by Crippen LogP contribution is -2.36. The number of hydrogen-bond acceptors (Lipinski definition) is 3. The fourth-order valence-electron chi connectivity index (χ4n) is 2.43. The van der Waals surface area contributed by atoms with Crippen LogP contribution in [0.15, 0.2) is 0 Å². The third kappa shape index (κ3) is 5.58. The summed E-state index contributed by atoms with van der Waals surface area (Å²) in [6.45, 7) is 4.61. The number of hydrogen-bond donors (Lipinski definition) is 0. The first-order chi connectivity index (χ1) is 7.87. The average molecular weight is 283 g/mol. The molecule has 0 spiro atoms. The van der Waals surface area contributed by atoms with Gasteiger partial charge in [-0.15, -0.1) is 0 Å². The van der Waals surface area contributed by atoms with Crippen molar-refractivity contribution in [3.8, 4) is 0 Å². The van der Waals surface area contributed by atoms with E-state index in [0.717, 1.165) is 32.1 Å². The molecule has 0 aliphatic heterocycles. The van der Waals surface area contributed by atoms with Crippen molar-refractivity contribution in [3.05, 3.63) is 0 Å². The van der Waals surface area contributed by atoms with Crippen molar-refractivity contribution < 1.29 is 13.2 Å². The predicted molar refractivity (Wildman–Crippen MR) is 70.9 cm³/mol. The van der Waals surface area contributed by atoms with Crippen molar-refractivity contribution >= 4 is 19.7 Å². The van der Waals surface area contributed by atoms with Crippen LogP contribution >= 0.6 is 10.7 Å². The molecule has 1 aliphatic rings. The third-order valence-electron chi connectivity index (χ3n) is 3.64. The maximum Gasteiger partial charge on any atom is 0.233 e. The van der Waals surface area contributed by atoms with E-state index >= 15 is 0 Å². The van der Waals surface area contributed by atoms with Gasteiger partial charge in [-0.25, -0.2) is 8.42 Å². The van der Waals surface area contributed by atoms with Crippen LogP contribution in [0.1, 0.15) is 52.4 Å². The second-order valence-electron chi connectivity index (χ2n) is 5.27. The summed E-state index contributed by atoms with van der Waals surface area (Å²) in [5.41, 5.74) is -0.248. The molecule has 0 aromatic carbocycles. The van der Waals surface area contributed by atoms with Gasteiger partial charge in [0.05, 0.1) is 18.5 Å². The molecule has 102 valence electrons. The van der Waals surface area contributed by atoms with E-state index in [2.05, 4.69) is 6.92 Å². The molecule has 0 amide bonds. The van der Waals surface area contributed by atoms with Gasteiger partial charge in [0, 0.05) is 16.1 Å². The fraction of sp³-hybridized carbons (Fsp3) is 1.00. The quantitative estimate of drug-likeness (QED) is 0.702. The summed E-state index contributed by atoms with van der Waals surface area (Å²) < 4.78 is 28.4. The highest BCUT2D eigenvalue weighted by Crippen LogP contribution is 2.38. The highest BCUT2D eigenvalue weighted by Gasteiger charge is 2.36. The van der Waals surface area contributed by atoms with Crippen LogP contribution in [0.25, 0.3) is 0 Å². The Bertz CT molecular complexity index is 321. The highest BCUT2D eigenvalue weighted by molar-refractivity contribution is 8.13. The maximum absolute atomic E-state index is 11.3. The van der Waals surface area contributed by atoms with Crippen LogP contribution in [-0.2, 0) is 13.8 Å². The molecule has 0 aromatic heterocycles. The molecule has 1 atom stereocenters. The first kappa shape index (κ1) is 15.3. The minimum absolute atomic E-state index is 0.0536. The molecule has 17 heavy (non-hydrogen) atoms. The Hall–Kier alpha value is 0.200. The van der Waals surface area contributed by atoms with E-state index in [1.165, 1.54) is 6.42 Å². The summed E-state index contributed by atoms with van der Waals surface area (Å²) in [4.78, 5) is 0. The van der Waals surface area contributed by atoms with E-state index in [-0.39, 0.29) is 17.3 Å². The molecule has 0 bridgehead atoms. The summed E-state index contributed by atoms with van der Waals surface area (Å²) in [6.07, 6.45) is 6.31. The van der Waals surface area contributed by atoms with Crippen molar-refractivity contribution in [3.63, 3.8) is 0 Å². The minimum Gasteiger partial charge on any atom is -0.378 e. The Balaban J connectivity index is 2.65. The van der Waals surface area contributed by atoms with Crippen molar-refractivity contribution in [1.82, 2.24) is 0 Å². The van der Waals surface area contributed by atoms with Gasteiger partial charge < -0.3 is 4.74 Å². The molecule has 1 rings (SSSR count). The first-order valence-electron chi connectivity index (χ1n) is 6.41. The zero-order valence-corrected chi connectivity index (χ0v) is 12.3. The summed E-state index contributed by atoms with van der Waals surface area (Å²) in [7, 11) is 1.98. The molecule has 0 radical (unpaired) electrons. The van der Waals surface area contributed by atoms with Gasteiger partial charge in [-0.05, 0) is 26.2 Å². The maximum atomic E-state index is 11.3. The monoisotopic (exact) mass is 282 g/mol. The van der Waals surface area contributed by atoms with E-state index in [1.54, 1.807) is 0 Å². The molecule has 0 heterocycles. The van der Waals surface area contributed by atoms with Gasteiger partial charge in [0.25, 0.3) is 0 Å². The van der Waals surface area contributed by atoms with Crippen LogP contribution < -0.4 is 0 Å². The van der Waals surface area contributed by atoms with Gasteiger partial charge in [0.1, 0.15) is 0 Å². The fourth-order valence-corrected chi connectivity index (χ4v) is 4.23. The summed E-state index contributed by atoms with van der Waals surface area (Å²) >= 11 is 0. The van der Waals surface area contributed by atoms with Crippen LogP contribution in [0.2, 0.25) is 0 Å². The lowest BCUT2D eigenvalue weighted by molar-refractivity contribution is -0.00910. The zero-order valence-electron chi connectivity index (χ0n) is 10.7. The third-order valence-corrected chi connectivity index (χ3v) is 4.93. The number of halogens is 1. The van der Waals surface area contributed by atoms with Gasteiger partial charge in [0.2, 0.25) is 9.05 Å². The van der Waals surface area contributed by atoms with Crippen molar-refractivity contribution in [1.29, 1.82) is 0 Å². The molecule has 1 saturated carbocycles. The van der Waals surface area contributed by atoms with Gasteiger partial charge in [-0.3, -0.25) is 0 Å². The zero-order chi connectivity index (χ0) is 12.9. The van der Waals surface area contributed by atoms with Crippen molar-refractivity contribution in [2.45, 2.75) is 58.5 Å². The van der Waals surface area contributed by atoms with Crippen molar-refractivity contribution in [2.75, 3.05) is 12.4 Å². The molecular weight excluding hydrogens is 260 g/mol. The second kappa shape index (κ2) is 6.39. The Labute approximate surface area is 109 Å². The second-order valence-corrected chi connectivity index (χ2v) is 8.05. The van der Waals surface area contributed by atoms with Crippen LogP contribution in [0.4, 0.5) is 0 Å². The average Bonchev–Trinajstić information content (AvgIpc) is 2.25. The van der Waals surface area contributed by atoms with E-state index in [1.807, 2.05) is 6.92 Å². The lowest BCUT2D eigenvalue weighted by Gasteiger charge is -2.36. The van der Waals surface area contributed by atoms with Gasteiger partial charge >= 0.3 is 0 Å². The smallest absolute Gasteiger partial charge is 0.233 e. The summed E-state index contributed by atoms with van der Waals surface area (Å²) in [5.74, 6) is 0.0536. The molecule has 0 saturated heterocycles. The van der Waals surface area contributed by atoms with E-state index < -0.39 is 9.05 Å². The Morgan fingerprint density at radius 2 is 1.88 bits per heavy atom. The number of rotatable bonds is 6. The molecule has 3 nitrogen and oxygen atoms in total. The highest BCUT2D eigenvalue weighted by atomic mass is 35.7. The van der Waals surface area contributed by atoms with Gasteiger partial charge in [-0.1, -0.05) is 26.2 Å². The SMILES string of the molecule is CCC(C)OCC1(CS(=O)(=O)Cl)CCCCC1. The molecule has 1 unspecified atom stereocenters.